The van der Waals surface area contributed by atoms with Crippen molar-refractivity contribution < 1.29 is 9.53 Å². The maximum Gasteiger partial charge on any atom is 0.338 e. The number of aromatic nitrogens is 1. The van der Waals surface area contributed by atoms with E-state index < -0.39 is 5.60 Å². The van der Waals surface area contributed by atoms with Gasteiger partial charge >= 0.3 is 5.97 Å². The van der Waals surface area contributed by atoms with Crippen molar-refractivity contribution in [3.05, 3.63) is 67.6 Å². The van der Waals surface area contributed by atoms with Gasteiger partial charge in [0.25, 0.3) is 5.56 Å². The quantitative estimate of drug-likeness (QED) is 0.446. The summed E-state index contributed by atoms with van der Waals surface area (Å²) in [5.41, 5.74) is 1.57. The number of nitrogens with zero attached hydrogens (tertiary/aromatic N) is 2. The molecule has 1 aliphatic heterocycles. The Hall–Kier alpha value is -1.82. The largest absolute Gasteiger partial charge is 0.456 e. The maximum atomic E-state index is 12.9. The van der Waals surface area contributed by atoms with E-state index in [-0.39, 0.29) is 16.6 Å². The summed E-state index contributed by atoms with van der Waals surface area (Å²) in [6.07, 6.45) is 2.94. The predicted octanol–water partition coefficient (Wildman–Crippen LogP) is 5.97. The van der Waals surface area contributed by atoms with Gasteiger partial charge in [0.15, 0.2) is 0 Å². The zero-order chi connectivity index (χ0) is 24.3. The van der Waals surface area contributed by atoms with Crippen molar-refractivity contribution in [1.82, 2.24) is 9.47 Å². The first kappa shape index (κ1) is 25.8. The van der Waals surface area contributed by atoms with Gasteiger partial charge in [0.2, 0.25) is 0 Å². The summed E-state index contributed by atoms with van der Waals surface area (Å²) >= 11 is 12.8. The molecule has 0 amide bonds. The minimum absolute atomic E-state index is 0.130. The fourth-order valence-electron chi connectivity index (χ4n) is 4.42. The monoisotopic (exact) mass is 492 g/mol. The van der Waals surface area contributed by atoms with E-state index in [0.29, 0.717) is 42.1 Å². The van der Waals surface area contributed by atoms with Crippen LogP contribution in [-0.2, 0) is 24.2 Å². The van der Waals surface area contributed by atoms with Crippen LogP contribution in [0.5, 0.6) is 0 Å². The highest BCUT2D eigenvalue weighted by Crippen LogP contribution is 2.28. The zero-order valence-electron chi connectivity index (χ0n) is 20.2. The first-order valence-electron chi connectivity index (χ1n) is 11.6. The molecule has 2 aromatic rings. The summed E-state index contributed by atoms with van der Waals surface area (Å²) < 4.78 is 7.13. The van der Waals surface area contributed by atoms with Crippen LogP contribution in [0.15, 0.2) is 35.1 Å². The van der Waals surface area contributed by atoms with E-state index in [1.165, 1.54) is 0 Å². The van der Waals surface area contributed by atoms with Crippen molar-refractivity contribution in [2.45, 2.75) is 78.6 Å². The Morgan fingerprint density at radius 1 is 1.15 bits per heavy atom. The number of pyridine rings is 1. The Balaban J connectivity index is 1.78. The maximum absolute atomic E-state index is 12.9. The third-order valence-electron chi connectivity index (χ3n) is 6.05. The van der Waals surface area contributed by atoms with Gasteiger partial charge < -0.3 is 9.30 Å². The first-order valence-corrected chi connectivity index (χ1v) is 12.4. The minimum atomic E-state index is -0.539. The second-order valence-corrected chi connectivity index (χ2v) is 10.9. The van der Waals surface area contributed by atoms with E-state index in [2.05, 4.69) is 18.7 Å². The highest BCUT2D eigenvalue weighted by Gasteiger charge is 2.28. The standard InChI is InChI=1S/C26H34Cl2N2O3/c1-17(2)22-7-6-13-29(22)16-23-20(27)15-21(28)24(31)30(23)14-12-18-8-10-19(11-9-18)25(32)33-26(3,4)5/h8-11,15,17,22H,6-7,12-14,16H2,1-5H3. The Morgan fingerprint density at radius 2 is 1.82 bits per heavy atom. The number of aryl methyl sites for hydroxylation is 1. The third-order valence-corrected chi connectivity index (χ3v) is 6.65. The van der Waals surface area contributed by atoms with Crippen LogP contribution in [0.25, 0.3) is 0 Å². The van der Waals surface area contributed by atoms with Gasteiger partial charge in [-0.2, -0.15) is 0 Å². The smallest absolute Gasteiger partial charge is 0.338 e. The van der Waals surface area contributed by atoms with Gasteiger partial charge in [-0.15, -0.1) is 0 Å². The topological polar surface area (TPSA) is 51.5 Å². The molecule has 1 atom stereocenters. The first-order chi connectivity index (χ1) is 15.5. The number of benzene rings is 1. The molecule has 3 rings (SSSR count). The molecule has 1 aliphatic rings. The second-order valence-electron chi connectivity index (χ2n) is 10.1. The van der Waals surface area contributed by atoms with Crippen molar-refractivity contribution in [1.29, 1.82) is 0 Å². The fraction of sp³-hybridized carbons (Fsp3) is 0.538. The molecule has 0 N–H and O–H groups in total. The van der Waals surface area contributed by atoms with Crippen LogP contribution in [-0.4, -0.2) is 33.6 Å². The number of carbonyl (C=O) groups is 1. The molecule has 5 nitrogen and oxygen atoms in total. The van der Waals surface area contributed by atoms with Gasteiger partial charge in [0.05, 0.1) is 16.3 Å². The average Bonchev–Trinajstić information content (AvgIpc) is 3.19. The lowest BCUT2D eigenvalue weighted by Gasteiger charge is -2.29. The van der Waals surface area contributed by atoms with Crippen LogP contribution in [0.4, 0.5) is 0 Å². The van der Waals surface area contributed by atoms with Crippen LogP contribution < -0.4 is 5.56 Å². The fourth-order valence-corrected chi connectivity index (χ4v) is 4.95. The molecule has 0 radical (unpaired) electrons. The summed E-state index contributed by atoms with van der Waals surface area (Å²) in [7, 11) is 0. The molecule has 7 heteroatoms. The summed E-state index contributed by atoms with van der Waals surface area (Å²) in [4.78, 5) is 27.6. The Morgan fingerprint density at radius 3 is 2.42 bits per heavy atom. The van der Waals surface area contributed by atoms with Gasteiger partial charge in [-0.1, -0.05) is 49.2 Å². The summed E-state index contributed by atoms with van der Waals surface area (Å²) in [5.74, 6) is 0.196. The molecule has 0 aliphatic carbocycles. The second kappa shape index (κ2) is 10.6. The highest BCUT2D eigenvalue weighted by atomic mass is 35.5. The lowest BCUT2D eigenvalue weighted by molar-refractivity contribution is 0.00695. The van der Waals surface area contributed by atoms with E-state index in [9.17, 15) is 9.59 Å². The number of likely N-dealkylation sites (tertiary alicyclic amines) is 1. The molecule has 2 heterocycles. The molecule has 33 heavy (non-hydrogen) atoms. The van der Waals surface area contributed by atoms with E-state index >= 15 is 0 Å². The van der Waals surface area contributed by atoms with Crippen LogP contribution in [0.1, 0.15) is 69.1 Å². The molecule has 0 spiro atoms. The van der Waals surface area contributed by atoms with Crippen LogP contribution in [0, 0.1) is 5.92 Å². The van der Waals surface area contributed by atoms with E-state index in [4.69, 9.17) is 27.9 Å². The minimum Gasteiger partial charge on any atom is -0.456 e. The number of ether oxygens (including phenoxy) is 1. The Bertz CT molecular complexity index is 1040. The third kappa shape index (κ3) is 6.62. The van der Waals surface area contributed by atoms with Gasteiger partial charge in [-0.25, -0.2) is 4.79 Å². The zero-order valence-corrected chi connectivity index (χ0v) is 21.7. The van der Waals surface area contributed by atoms with E-state index in [0.717, 1.165) is 30.6 Å². The molecular weight excluding hydrogens is 459 g/mol. The summed E-state index contributed by atoms with van der Waals surface area (Å²) in [6.45, 7) is 12.1. The predicted molar refractivity (Wildman–Crippen MR) is 134 cm³/mol. The molecule has 1 fully saturated rings. The Labute approximate surface area is 206 Å². The molecule has 1 aromatic carbocycles. The van der Waals surface area contributed by atoms with Crippen molar-refractivity contribution in [3.63, 3.8) is 0 Å². The number of halogens is 2. The van der Waals surface area contributed by atoms with Crippen molar-refractivity contribution in [2.24, 2.45) is 5.92 Å². The normalized spacial score (nSPS) is 17.0. The number of hydrogen-bond donors (Lipinski definition) is 0. The van der Waals surface area contributed by atoms with E-state index in [1.807, 2.05) is 32.9 Å². The number of rotatable bonds is 7. The molecule has 1 saturated heterocycles. The van der Waals surface area contributed by atoms with Crippen LogP contribution in [0.3, 0.4) is 0 Å². The average molecular weight is 493 g/mol. The van der Waals surface area contributed by atoms with E-state index in [1.54, 1.807) is 22.8 Å². The van der Waals surface area contributed by atoms with Crippen molar-refractivity contribution >= 4 is 29.2 Å². The van der Waals surface area contributed by atoms with Gasteiger partial charge in [-0.3, -0.25) is 9.69 Å². The molecule has 0 bridgehead atoms. The number of esters is 1. The summed E-state index contributed by atoms with van der Waals surface area (Å²) in [5, 5.41) is 0.653. The highest BCUT2D eigenvalue weighted by molar-refractivity contribution is 6.34. The Kier molecular flexibility index (Phi) is 8.31. The summed E-state index contributed by atoms with van der Waals surface area (Å²) in [6, 6.07) is 9.36. The number of hydrogen-bond acceptors (Lipinski definition) is 4. The SMILES string of the molecule is CC(C)C1CCCN1Cc1c(Cl)cc(Cl)c(=O)n1CCc1ccc(C(=O)OC(C)(C)C)cc1. The van der Waals surface area contributed by atoms with Crippen LogP contribution in [0.2, 0.25) is 10.0 Å². The molecular formula is C26H34Cl2N2O3. The van der Waals surface area contributed by atoms with Crippen molar-refractivity contribution in [3.8, 4) is 0 Å². The molecule has 1 unspecified atom stereocenters. The molecule has 0 saturated carbocycles. The van der Waals surface area contributed by atoms with Gasteiger partial charge in [0.1, 0.15) is 10.6 Å². The lowest BCUT2D eigenvalue weighted by atomic mass is 10.0. The molecule has 180 valence electrons. The van der Waals surface area contributed by atoms with Gasteiger partial charge in [0, 0.05) is 19.1 Å². The number of carbonyl (C=O) groups excluding carboxylic acids is 1. The molecule has 1 aromatic heterocycles. The van der Waals surface area contributed by atoms with Crippen LogP contribution >= 0.6 is 23.2 Å². The van der Waals surface area contributed by atoms with Gasteiger partial charge in [-0.05, 0) is 76.3 Å². The van der Waals surface area contributed by atoms with Crippen molar-refractivity contribution in [2.75, 3.05) is 6.54 Å². The lowest BCUT2D eigenvalue weighted by Crippen LogP contribution is -2.36.